The largest absolute Gasteiger partial charge is 0.366 e. The number of halogens is 2. The number of nitrogens with zero attached hydrogens (tertiary/aromatic N) is 1. The molecule has 0 saturated carbocycles. The minimum Gasteiger partial charge on any atom is -0.366 e. The SMILES string of the molecule is C[C@@H](CNC(=O)c1cc(F)cc(F)c1)N1CCc2ccccc21. The third-order valence-electron chi connectivity index (χ3n) is 4.14. The lowest BCUT2D eigenvalue weighted by atomic mass is 10.1. The van der Waals surface area contributed by atoms with Crippen LogP contribution in [-0.4, -0.2) is 25.0 Å². The van der Waals surface area contributed by atoms with Gasteiger partial charge in [0.25, 0.3) is 5.91 Å². The fourth-order valence-electron chi connectivity index (χ4n) is 2.96. The predicted molar refractivity (Wildman–Crippen MR) is 85.6 cm³/mol. The van der Waals surface area contributed by atoms with Crippen molar-refractivity contribution in [2.45, 2.75) is 19.4 Å². The Balaban J connectivity index is 1.63. The van der Waals surface area contributed by atoms with Crippen LogP contribution in [0.25, 0.3) is 0 Å². The number of fused-ring (bicyclic) bond motifs is 1. The highest BCUT2D eigenvalue weighted by Gasteiger charge is 2.23. The molecule has 1 amide bonds. The monoisotopic (exact) mass is 316 g/mol. The second-order valence-corrected chi connectivity index (χ2v) is 5.79. The van der Waals surface area contributed by atoms with E-state index in [1.54, 1.807) is 0 Å². The van der Waals surface area contributed by atoms with Crippen LogP contribution in [0.2, 0.25) is 0 Å². The third-order valence-corrected chi connectivity index (χ3v) is 4.14. The normalized spacial score (nSPS) is 14.5. The summed E-state index contributed by atoms with van der Waals surface area (Å²) in [6.45, 7) is 3.34. The van der Waals surface area contributed by atoms with Crippen molar-refractivity contribution >= 4 is 11.6 Å². The lowest BCUT2D eigenvalue weighted by Crippen LogP contribution is -2.41. The molecule has 120 valence electrons. The maximum Gasteiger partial charge on any atom is 0.251 e. The standard InChI is InChI=1S/C18H18F2N2O/c1-12(22-7-6-13-4-2-3-5-17(13)22)11-21-18(23)14-8-15(19)10-16(20)9-14/h2-5,8-10,12H,6-7,11H2,1H3,(H,21,23)/t12-/m0/s1. The Morgan fingerprint density at radius 1 is 1.22 bits per heavy atom. The lowest BCUT2D eigenvalue weighted by molar-refractivity contribution is 0.0950. The second kappa shape index (κ2) is 6.36. The average Bonchev–Trinajstić information content (AvgIpc) is 2.95. The minimum atomic E-state index is -0.753. The highest BCUT2D eigenvalue weighted by Crippen LogP contribution is 2.28. The number of benzene rings is 2. The lowest BCUT2D eigenvalue weighted by Gasteiger charge is -2.27. The van der Waals surface area contributed by atoms with Gasteiger partial charge in [0.05, 0.1) is 0 Å². The molecule has 0 bridgehead atoms. The Morgan fingerprint density at radius 3 is 2.65 bits per heavy atom. The van der Waals surface area contributed by atoms with Crippen molar-refractivity contribution in [3.8, 4) is 0 Å². The van der Waals surface area contributed by atoms with Crippen molar-refractivity contribution in [2.75, 3.05) is 18.0 Å². The molecule has 23 heavy (non-hydrogen) atoms. The van der Waals surface area contributed by atoms with Gasteiger partial charge >= 0.3 is 0 Å². The molecule has 1 N–H and O–H groups in total. The van der Waals surface area contributed by atoms with Gasteiger partial charge in [0.15, 0.2) is 0 Å². The van der Waals surface area contributed by atoms with Gasteiger partial charge in [-0.3, -0.25) is 4.79 Å². The van der Waals surface area contributed by atoms with Gasteiger partial charge in [-0.2, -0.15) is 0 Å². The summed E-state index contributed by atoms with van der Waals surface area (Å²) in [4.78, 5) is 14.3. The average molecular weight is 316 g/mol. The number of hydrogen-bond donors (Lipinski definition) is 1. The maximum atomic E-state index is 13.2. The highest BCUT2D eigenvalue weighted by molar-refractivity contribution is 5.94. The molecular formula is C18H18F2N2O. The van der Waals surface area contributed by atoms with Crippen LogP contribution >= 0.6 is 0 Å². The van der Waals surface area contributed by atoms with E-state index in [0.717, 1.165) is 31.2 Å². The molecule has 1 aliphatic rings. The highest BCUT2D eigenvalue weighted by atomic mass is 19.1. The zero-order valence-electron chi connectivity index (χ0n) is 12.9. The number of anilines is 1. The van der Waals surface area contributed by atoms with Gasteiger partial charge in [0.2, 0.25) is 0 Å². The molecule has 1 aliphatic heterocycles. The summed E-state index contributed by atoms with van der Waals surface area (Å²) in [6, 6.07) is 11.1. The molecule has 1 atom stereocenters. The van der Waals surface area contributed by atoms with E-state index >= 15 is 0 Å². The molecular weight excluding hydrogens is 298 g/mol. The Morgan fingerprint density at radius 2 is 1.91 bits per heavy atom. The van der Waals surface area contributed by atoms with Crippen LogP contribution < -0.4 is 10.2 Å². The number of amides is 1. The van der Waals surface area contributed by atoms with E-state index in [1.165, 1.54) is 11.3 Å². The van der Waals surface area contributed by atoms with Crippen LogP contribution in [0, 0.1) is 11.6 Å². The van der Waals surface area contributed by atoms with Gasteiger partial charge in [-0.15, -0.1) is 0 Å². The molecule has 2 aromatic carbocycles. The number of para-hydroxylation sites is 1. The van der Waals surface area contributed by atoms with Gasteiger partial charge in [-0.25, -0.2) is 8.78 Å². The van der Waals surface area contributed by atoms with Crippen LogP contribution in [0.3, 0.4) is 0 Å². The van der Waals surface area contributed by atoms with Crippen LogP contribution in [0.5, 0.6) is 0 Å². The number of hydrogen-bond acceptors (Lipinski definition) is 2. The summed E-state index contributed by atoms with van der Waals surface area (Å²) in [5.74, 6) is -1.98. The number of rotatable bonds is 4. The molecule has 0 unspecified atom stereocenters. The summed E-state index contributed by atoms with van der Waals surface area (Å²) in [5, 5.41) is 2.75. The first kappa shape index (κ1) is 15.5. The molecule has 0 aromatic heterocycles. The van der Waals surface area contributed by atoms with Gasteiger partial charge in [-0.05, 0) is 37.1 Å². The third kappa shape index (κ3) is 3.33. The fraction of sp³-hybridized carbons (Fsp3) is 0.278. The summed E-state index contributed by atoms with van der Waals surface area (Å²) in [6.07, 6.45) is 0.990. The quantitative estimate of drug-likeness (QED) is 0.940. The summed E-state index contributed by atoms with van der Waals surface area (Å²) < 4.78 is 26.3. The van der Waals surface area contributed by atoms with Gasteiger partial charge in [0, 0.05) is 36.4 Å². The van der Waals surface area contributed by atoms with Crippen LogP contribution in [-0.2, 0) is 6.42 Å². The predicted octanol–water partition coefficient (Wildman–Crippen LogP) is 3.15. The molecule has 0 spiro atoms. The van der Waals surface area contributed by atoms with E-state index in [1.807, 2.05) is 19.1 Å². The molecule has 1 heterocycles. The van der Waals surface area contributed by atoms with E-state index in [2.05, 4.69) is 22.3 Å². The first-order valence-corrected chi connectivity index (χ1v) is 7.63. The molecule has 2 aromatic rings. The van der Waals surface area contributed by atoms with E-state index in [-0.39, 0.29) is 11.6 Å². The Bertz CT molecular complexity index is 712. The molecule has 0 aliphatic carbocycles. The smallest absolute Gasteiger partial charge is 0.251 e. The molecule has 3 rings (SSSR count). The van der Waals surface area contributed by atoms with E-state index in [4.69, 9.17) is 0 Å². The first-order valence-electron chi connectivity index (χ1n) is 7.63. The van der Waals surface area contributed by atoms with Crippen molar-refractivity contribution in [2.24, 2.45) is 0 Å². The second-order valence-electron chi connectivity index (χ2n) is 5.79. The molecule has 5 heteroatoms. The summed E-state index contributed by atoms with van der Waals surface area (Å²) >= 11 is 0. The molecule has 0 saturated heterocycles. The summed E-state index contributed by atoms with van der Waals surface area (Å²) in [7, 11) is 0. The minimum absolute atomic E-state index is 0.00322. The van der Waals surface area contributed by atoms with E-state index in [0.29, 0.717) is 6.54 Å². The number of carbonyl (C=O) groups is 1. The Kier molecular flexibility index (Phi) is 4.28. The Hall–Kier alpha value is -2.43. The van der Waals surface area contributed by atoms with Gasteiger partial charge in [-0.1, -0.05) is 18.2 Å². The van der Waals surface area contributed by atoms with Crippen molar-refractivity contribution in [1.29, 1.82) is 0 Å². The van der Waals surface area contributed by atoms with Crippen LogP contribution in [0.15, 0.2) is 42.5 Å². The van der Waals surface area contributed by atoms with E-state index in [9.17, 15) is 13.6 Å². The van der Waals surface area contributed by atoms with Gasteiger partial charge < -0.3 is 10.2 Å². The number of carbonyl (C=O) groups excluding carboxylic acids is 1. The van der Waals surface area contributed by atoms with Crippen LogP contribution in [0.1, 0.15) is 22.8 Å². The fourth-order valence-corrected chi connectivity index (χ4v) is 2.96. The topological polar surface area (TPSA) is 32.3 Å². The number of nitrogens with one attached hydrogen (secondary N) is 1. The first-order chi connectivity index (χ1) is 11.0. The van der Waals surface area contributed by atoms with Crippen LogP contribution in [0.4, 0.5) is 14.5 Å². The zero-order chi connectivity index (χ0) is 16.4. The Labute approximate surface area is 133 Å². The molecule has 0 radical (unpaired) electrons. The van der Waals surface area contributed by atoms with Crippen molar-refractivity contribution < 1.29 is 13.6 Å². The zero-order valence-corrected chi connectivity index (χ0v) is 12.9. The van der Waals surface area contributed by atoms with Crippen molar-refractivity contribution in [1.82, 2.24) is 5.32 Å². The van der Waals surface area contributed by atoms with E-state index < -0.39 is 17.5 Å². The van der Waals surface area contributed by atoms with Gasteiger partial charge in [0.1, 0.15) is 11.6 Å². The van der Waals surface area contributed by atoms with Crippen molar-refractivity contribution in [3.05, 3.63) is 65.2 Å². The molecule has 3 nitrogen and oxygen atoms in total. The molecule has 0 fully saturated rings. The summed E-state index contributed by atoms with van der Waals surface area (Å²) in [5.41, 5.74) is 2.49. The van der Waals surface area contributed by atoms with Crippen molar-refractivity contribution in [3.63, 3.8) is 0 Å². The maximum absolute atomic E-state index is 13.2.